The molecule has 7 aromatic rings. The number of benzene rings is 4. The zero-order chi connectivity index (χ0) is 35.6. The van der Waals surface area contributed by atoms with E-state index in [1.165, 1.54) is 33.0 Å². The van der Waals surface area contributed by atoms with E-state index in [4.69, 9.17) is 9.10 Å². The maximum absolute atomic E-state index is 7.23. The molecule has 0 fully saturated rings. The van der Waals surface area contributed by atoms with Crippen molar-refractivity contribution in [2.75, 3.05) is 0 Å². The fourth-order valence-corrected chi connectivity index (χ4v) is 6.81. The van der Waals surface area contributed by atoms with Crippen LogP contribution in [0.3, 0.4) is 0 Å². The molecule has 3 aromatic heterocycles. The van der Waals surface area contributed by atoms with E-state index in [1.807, 2.05) is 18.2 Å². The number of fused-ring (bicyclic) bond motifs is 2. The molecule has 0 aliphatic heterocycles. The number of rotatable bonds is 7. The third kappa shape index (κ3) is 7.45. The third-order valence-electron chi connectivity index (χ3n) is 8.44. The van der Waals surface area contributed by atoms with Crippen molar-refractivity contribution in [2.45, 2.75) is 59.9 Å². The number of para-hydroxylation sites is 2. The van der Waals surface area contributed by atoms with Gasteiger partial charge in [0.15, 0.2) is 0 Å². The first-order valence-corrected chi connectivity index (χ1v) is 16.8. The average Bonchev–Trinajstić information content (AvgIpc) is 3.69. The molecule has 3 heterocycles. The van der Waals surface area contributed by atoms with Crippen molar-refractivity contribution in [1.29, 1.82) is 0 Å². The molecule has 4 aromatic carbocycles. The number of allylic oxidation sites excluding steroid dienone is 1. The Morgan fingerprint density at radius 1 is 0.917 bits per heavy atom. The van der Waals surface area contributed by atoms with Gasteiger partial charge in [-0.2, -0.15) is 0 Å². The summed E-state index contributed by atoms with van der Waals surface area (Å²) in [6.07, 6.45) is 1.39. The first-order valence-electron chi connectivity index (χ1n) is 17.5. The second kappa shape index (κ2) is 15.4. The van der Waals surface area contributed by atoms with E-state index in [2.05, 4.69) is 123 Å². The Balaban J connectivity index is 0.000000249. The van der Waals surface area contributed by atoms with Gasteiger partial charge >= 0.3 is 0 Å². The predicted octanol–water partition coefficient (Wildman–Crippen LogP) is 11.9. The quantitative estimate of drug-likeness (QED) is 0.150. The van der Waals surface area contributed by atoms with Gasteiger partial charge in [0.1, 0.15) is 0 Å². The van der Waals surface area contributed by atoms with Crippen molar-refractivity contribution in [3.05, 3.63) is 149 Å². The minimum absolute atomic E-state index is 0. The molecule has 5 heteroatoms. The largest absolute Gasteiger partial charge is 0.360 e. The molecule has 0 bridgehead atoms. The maximum Gasteiger partial charge on any atom is 0.0770 e. The normalized spacial score (nSPS) is 12.3. The molecule has 0 saturated carbocycles. The van der Waals surface area contributed by atoms with Gasteiger partial charge in [0.2, 0.25) is 0 Å². The van der Waals surface area contributed by atoms with Crippen molar-refractivity contribution in [3.63, 3.8) is 0 Å². The maximum atomic E-state index is 7.23. The van der Waals surface area contributed by atoms with Gasteiger partial charge in [0.05, 0.1) is 16.9 Å². The molecular weight excluding hydrogens is 783 g/mol. The van der Waals surface area contributed by atoms with Gasteiger partial charge in [-0.3, -0.25) is 16.3 Å². The molecule has 3 nitrogen and oxygen atoms in total. The molecule has 1 radical (unpaired) electrons. The fourth-order valence-electron chi connectivity index (χ4n) is 5.98. The second-order valence-electron chi connectivity index (χ2n) is 12.5. The summed E-state index contributed by atoms with van der Waals surface area (Å²) < 4.78 is 25.3. The summed E-state index contributed by atoms with van der Waals surface area (Å²) in [6, 6.07) is 35.6. The summed E-state index contributed by atoms with van der Waals surface area (Å²) in [4.78, 5) is 9.27. The monoisotopic (exact) mass is 827 g/mol. The Hall–Kier alpha value is -4.15. The smallest absolute Gasteiger partial charge is 0.0770 e. The summed E-state index contributed by atoms with van der Waals surface area (Å²) in [5, 5.41) is 4.78. The van der Waals surface area contributed by atoms with E-state index in [0.29, 0.717) is 11.8 Å². The zero-order valence-corrected chi connectivity index (χ0v) is 31.2. The SMILES string of the molecule is C=C(C)c1ccc2s[c-]c(-c3nc4ccccc4n3Cc3c(C(C)C)cccc3C(C)C)c2c1.[2H]C([2H])([2H])c1ccc(-c2[c-]cccc2)nc1.[Ir]. The summed E-state index contributed by atoms with van der Waals surface area (Å²) in [5.41, 5.74) is 11.6. The standard InChI is InChI=1S/C31H31N2S.C12H10N.Ir/c1-19(2)22-14-15-30-25(16-22)27(18-34-30)31-32-28-12-7-8-13-29(28)33(31)17-26-23(20(3)4)10-9-11-24(26)21(5)6;1-10-7-8-12(13-9-10)11-5-3-2-4-6-11;/h7-16,20-21H,1,17H2,2-6H3;2-5,7-9H,1H3;/q2*-1;/i;1D3;. The number of aryl methyl sites for hydroxylation is 1. The van der Waals surface area contributed by atoms with Gasteiger partial charge < -0.3 is 9.55 Å². The number of nitrogens with zero attached hydrogens (tertiary/aromatic N) is 3. The summed E-state index contributed by atoms with van der Waals surface area (Å²) in [7, 11) is 0. The third-order valence-corrected chi connectivity index (χ3v) is 9.32. The van der Waals surface area contributed by atoms with Crippen molar-refractivity contribution < 1.29 is 24.2 Å². The Morgan fingerprint density at radius 2 is 1.67 bits per heavy atom. The van der Waals surface area contributed by atoms with Gasteiger partial charge in [-0.15, -0.1) is 41.3 Å². The van der Waals surface area contributed by atoms with Crippen LogP contribution >= 0.6 is 11.3 Å². The minimum atomic E-state index is -2.09. The number of thiophene rings is 1. The number of pyridine rings is 1. The Bertz CT molecular complexity index is 2240. The fraction of sp³-hybridized carbons (Fsp3) is 0.209. The van der Waals surface area contributed by atoms with Crippen LogP contribution in [0, 0.1) is 18.3 Å². The van der Waals surface area contributed by atoms with Gasteiger partial charge in [-0.1, -0.05) is 116 Å². The Morgan fingerprint density at radius 3 is 2.31 bits per heavy atom. The number of aromatic nitrogens is 3. The van der Waals surface area contributed by atoms with Crippen LogP contribution in [0.5, 0.6) is 0 Å². The van der Waals surface area contributed by atoms with Crippen molar-refractivity contribution >= 4 is 38.0 Å². The first-order chi connectivity index (χ1) is 23.9. The van der Waals surface area contributed by atoms with Crippen LogP contribution in [0.2, 0.25) is 0 Å². The summed E-state index contributed by atoms with van der Waals surface area (Å²) in [5.74, 6) is 1.90. The molecule has 0 aliphatic carbocycles. The number of hydrogen-bond donors (Lipinski definition) is 0. The first kappa shape index (κ1) is 31.1. The van der Waals surface area contributed by atoms with Crippen LogP contribution in [0.25, 0.3) is 49.3 Å². The topological polar surface area (TPSA) is 30.7 Å². The number of hydrogen-bond acceptors (Lipinski definition) is 3. The molecule has 7 rings (SSSR count). The summed E-state index contributed by atoms with van der Waals surface area (Å²) in [6.45, 7) is 14.1. The molecule has 0 atom stereocenters. The van der Waals surface area contributed by atoms with E-state index < -0.39 is 6.85 Å². The Kier molecular flexibility index (Phi) is 9.98. The minimum Gasteiger partial charge on any atom is -0.360 e. The van der Waals surface area contributed by atoms with Crippen LogP contribution in [0.1, 0.15) is 78.4 Å². The molecule has 0 amide bonds. The van der Waals surface area contributed by atoms with Gasteiger partial charge in [-0.25, -0.2) is 0 Å². The van der Waals surface area contributed by atoms with Crippen LogP contribution < -0.4 is 0 Å². The zero-order valence-electron chi connectivity index (χ0n) is 31.0. The van der Waals surface area contributed by atoms with Gasteiger partial charge in [0, 0.05) is 37.0 Å². The van der Waals surface area contributed by atoms with E-state index >= 15 is 0 Å². The van der Waals surface area contributed by atoms with Crippen LogP contribution in [0.15, 0.2) is 110 Å². The van der Waals surface area contributed by atoms with Crippen LogP contribution in [-0.2, 0) is 26.7 Å². The molecule has 245 valence electrons. The second-order valence-corrected chi connectivity index (χ2v) is 13.4. The van der Waals surface area contributed by atoms with E-state index in [1.54, 1.807) is 29.5 Å². The molecular formula is C43H41IrN3S-2. The van der Waals surface area contributed by atoms with Crippen molar-refractivity contribution in [3.8, 4) is 22.6 Å². The molecule has 0 aliphatic rings. The van der Waals surface area contributed by atoms with Crippen LogP contribution in [0.4, 0.5) is 0 Å². The average molecular weight is 827 g/mol. The van der Waals surface area contributed by atoms with Crippen molar-refractivity contribution in [2.24, 2.45) is 0 Å². The predicted molar refractivity (Wildman–Crippen MR) is 201 cm³/mol. The van der Waals surface area contributed by atoms with E-state index in [-0.39, 0.29) is 25.7 Å². The number of imidazole rings is 1. The van der Waals surface area contributed by atoms with E-state index in [9.17, 15) is 0 Å². The van der Waals surface area contributed by atoms with Crippen LogP contribution in [-0.4, -0.2) is 14.5 Å². The molecule has 0 saturated heterocycles. The molecule has 0 N–H and O–H groups in total. The molecule has 0 unspecified atom stereocenters. The summed E-state index contributed by atoms with van der Waals surface area (Å²) >= 11 is 1.66. The van der Waals surface area contributed by atoms with Crippen molar-refractivity contribution in [1.82, 2.24) is 14.5 Å². The molecule has 48 heavy (non-hydrogen) atoms. The van der Waals surface area contributed by atoms with E-state index in [0.717, 1.165) is 51.4 Å². The van der Waals surface area contributed by atoms with Gasteiger partial charge in [-0.05, 0) is 71.3 Å². The molecule has 0 spiro atoms. The Labute approximate surface area is 307 Å². The van der Waals surface area contributed by atoms with Gasteiger partial charge in [0.25, 0.3) is 0 Å².